The van der Waals surface area contributed by atoms with Crippen molar-refractivity contribution >= 4 is 23.1 Å². The molecule has 1 fully saturated rings. The summed E-state index contributed by atoms with van der Waals surface area (Å²) in [6.07, 6.45) is 4.12. The van der Waals surface area contributed by atoms with Gasteiger partial charge in [-0.05, 0) is 24.7 Å². The van der Waals surface area contributed by atoms with Crippen LogP contribution in [0.25, 0.3) is 0 Å². The number of rotatable bonds is 4. The summed E-state index contributed by atoms with van der Waals surface area (Å²) in [6.45, 7) is 3.13. The predicted molar refractivity (Wildman–Crippen MR) is 61.8 cm³/mol. The van der Waals surface area contributed by atoms with Crippen LogP contribution in [0.2, 0.25) is 5.15 Å². The van der Waals surface area contributed by atoms with E-state index in [2.05, 4.69) is 22.2 Å². The molecule has 1 aromatic heterocycles. The van der Waals surface area contributed by atoms with Crippen LogP contribution >= 0.6 is 11.6 Å². The van der Waals surface area contributed by atoms with E-state index in [1.807, 2.05) is 0 Å². The third-order valence-electron chi connectivity index (χ3n) is 2.85. The SMILES string of the molecule is CC(CNc1ncnc(Cl)c1N)C1CC1. The fourth-order valence-electron chi connectivity index (χ4n) is 1.60. The maximum Gasteiger partial charge on any atom is 0.157 e. The molecule has 0 radical (unpaired) electrons. The minimum Gasteiger partial charge on any atom is -0.393 e. The van der Waals surface area contributed by atoms with Crippen LogP contribution in [-0.4, -0.2) is 16.5 Å². The Labute approximate surface area is 94.2 Å². The van der Waals surface area contributed by atoms with Crippen LogP contribution in [0, 0.1) is 11.8 Å². The summed E-state index contributed by atoms with van der Waals surface area (Å²) in [5.74, 6) is 2.18. The number of aromatic nitrogens is 2. The van der Waals surface area contributed by atoms with Crippen molar-refractivity contribution in [2.75, 3.05) is 17.6 Å². The molecule has 0 bridgehead atoms. The van der Waals surface area contributed by atoms with Crippen LogP contribution in [0.1, 0.15) is 19.8 Å². The average molecular weight is 227 g/mol. The molecule has 3 N–H and O–H groups in total. The first-order valence-electron chi connectivity index (χ1n) is 5.18. The monoisotopic (exact) mass is 226 g/mol. The zero-order valence-corrected chi connectivity index (χ0v) is 9.46. The van der Waals surface area contributed by atoms with E-state index in [-0.39, 0.29) is 0 Å². The Kier molecular flexibility index (Phi) is 2.95. The van der Waals surface area contributed by atoms with Gasteiger partial charge in [0.1, 0.15) is 12.0 Å². The Hall–Kier alpha value is -1.03. The molecular weight excluding hydrogens is 212 g/mol. The fourth-order valence-corrected chi connectivity index (χ4v) is 1.74. The maximum atomic E-state index is 5.79. The summed E-state index contributed by atoms with van der Waals surface area (Å²) in [5, 5.41) is 3.53. The van der Waals surface area contributed by atoms with Gasteiger partial charge in [0.05, 0.1) is 0 Å². The van der Waals surface area contributed by atoms with Crippen LogP contribution in [0.5, 0.6) is 0 Å². The molecule has 1 saturated carbocycles. The van der Waals surface area contributed by atoms with Gasteiger partial charge in [0, 0.05) is 6.54 Å². The number of nitrogen functional groups attached to an aromatic ring is 1. The van der Waals surface area contributed by atoms with Gasteiger partial charge in [-0.1, -0.05) is 18.5 Å². The van der Waals surface area contributed by atoms with Gasteiger partial charge in [-0.25, -0.2) is 9.97 Å². The van der Waals surface area contributed by atoms with Gasteiger partial charge >= 0.3 is 0 Å². The number of hydrogen-bond acceptors (Lipinski definition) is 4. The van der Waals surface area contributed by atoms with E-state index in [1.54, 1.807) is 0 Å². The molecule has 0 aromatic carbocycles. The van der Waals surface area contributed by atoms with E-state index in [0.717, 1.165) is 12.5 Å². The summed E-state index contributed by atoms with van der Waals surface area (Å²) in [5.41, 5.74) is 6.17. The third-order valence-corrected chi connectivity index (χ3v) is 3.15. The molecule has 0 amide bonds. The van der Waals surface area contributed by atoms with E-state index in [9.17, 15) is 0 Å². The topological polar surface area (TPSA) is 63.8 Å². The smallest absolute Gasteiger partial charge is 0.157 e. The normalized spacial score (nSPS) is 17.5. The number of nitrogens with one attached hydrogen (secondary N) is 1. The molecular formula is C10H15ClN4. The zero-order chi connectivity index (χ0) is 10.8. The first-order chi connectivity index (χ1) is 7.18. The molecule has 0 aliphatic heterocycles. The maximum absolute atomic E-state index is 5.79. The standard InChI is InChI=1S/C10H15ClN4/c1-6(7-2-3-7)4-13-10-8(12)9(11)14-5-15-10/h5-7H,2-4,12H2,1H3,(H,13,14,15). The van der Waals surface area contributed by atoms with Crippen molar-refractivity contribution in [2.24, 2.45) is 11.8 Å². The van der Waals surface area contributed by atoms with Crippen LogP contribution < -0.4 is 11.1 Å². The fraction of sp³-hybridized carbons (Fsp3) is 0.600. The third kappa shape index (κ3) is 2.50. The molecule has 15 heavy (non-hydrogen) atoms. The number of anilines is 2. The first kappa shape index (κ1) is 10.5. The summed E-state index contributed by atoms with van der Waals surface area (Å²) in [4.78, 5) is 7.86. The predicted octanol–water partition coefficient (Wildman–Crippen LogP) is 2.17. The highest BCUT2D eigenvalue weighted by molar-refractivity contribution is 6.32. The molecule has 1 unspecified atom stereocenters. The van der Waals surface area contributed by atoms with E-state index < -0.39 is 0 Å². The highest BCUT2D eigenvalue weighted by atomic mass is 35.5. The van der Waals surface area contributed by atoms with Gasteiger partial charge in [0.15, 0.2) is 11.0 Å². The Morgan fingerprint density at radius 2 is 2.33 bits per heavy atom. The molecule has 0 saturated heterocycles. The van der Waals surface area contributed by atoms with Crippen molar-refractivity contribution in [2.45, 2.75) is 19.8 Å². The van der Waals surface area contributed by atoms with Crippen molar-refractivity contribution in [1.29, 1.82) is 0 Å². The first-order valence-corrected chi connectivity index (χ1v) is 5.56. The summed E-state index contributed by atoms with van der Waals surface area (Å²) < 4.78 is 0. The molecule has 82 valence electrons. The second kappa shape index (κ2) is 4.23. The van der Waals surface area contributed by atoms with E-state index in [1.165, 1.54) is 19.2 Å². The highest BCUT2D eigenvalue weighted by Crippen LogP contribution is 2.36. The van der Waals surface area contributed by atoms with Crippen LogP contribution in [0.3, 0.4) is 0 Å². The summed E-state index contributed by atoms with van der Waals surface area (Å²) in [7, 11) is 0. The van der Waals surface area contributed by atoms with Gasteiger partial charge in [0.25, 0.3) is 0 Å². The van der Waals surface area contributed by atoms with Crippen molar-refractivity contribution in [3.63, 3.8) is 0 Å². The Balaban J connectivity index is 1.95. The van der Waals surface area contributed by atoms with E-state index in [0.29, 0.717) is 22.6 Å². The molecule has 4 nitrogen and oxygen atoms in total. The Morgan fingerprint density at radius 3 is 3.00 bits per heavy atom. The van der Waals surface area contributed by atoms with Crippen LogP contribution in [0.15, 0.2) is 6.33 Å². The molecule has 0 spiro atoms. The lowest BCUT2D eigenvalue weighted by Gasteiger charge is -2.13. The van der Waals surface area contributed by atoms with E-state index in [4.69, 9.17) is 17.3 Å². The molecule has 1 heterocycles. The Bertz CT molecular complexity index is 351. The number of halogens is 1. The minimum absolute atomic E-state index is 0.312. The molecule has 1 aromatic rings. The Morgan fingerprint density at radius 1 is 1.60 bits per heavy atom. The van der Waals surface area contributed by atoms with Crippen molar-refractivity contribution in [3.05, 3.63) is 11.5 Å². The summed E-state index contributed by atoms with van der Waals surface area (Å²) in [6, 6.07) is 0. The van der Waals surface area contributed by atoms with Gasteiger partial charge in [-0.3, -0.25) is 0 Å². The van der Waals surface area contributed by atoms with Gasteiger partial charge in [-0.15, -0.1) is 0 Å². The second-order valence-electron chi connectivity index (χ2n) is 4.12. The molecule has 5 heteroatoms. The van der Waals surface area contributed by atoms with Gasteiger partial charge < -0.3 is 11.1 Å². The number of nitrogens with zero attached hydrogens (tertiary/aromatic N) is 2. The zero-order valence-electron chi connectivity index (χ0n) is 8.70. The molecule has 1 aliphatic rings. The molecule has 1 aliphatic carbocycles. The van der Waals surface area contributed by atoms with Crippen LogP contribution in [0.4, 0.5) is 11.5 Å². The minimum atomic E-state index is 0.312. The number of nitrogens with two attached hydrogens (primary N) is 1. The van der Waals surface area contributed by atoms with Gasteiger partial charge in [-0.2, -0.15) is 0 Å². The highest BCUT2D eigenvalue weighted by Gasteiger charge is 2.27. The van der Waals surface area contributed by atoms with Gasteiger partial charge in [0.2, 0.25) is 0 Å². The van der Waals surface area contributed by atoms with Crippen molar-refractivity contribution in [3.8, 4) is 0 Å². The van der Waals surface area contributed by atoms with E-state index >= 15 is 0 Å². The lowest BCUT2D eigenvalue weighted by atomic mass is 10.1. The largest absolute Gasteiger partial charge is 0.393 e. The van der Waals surface area contributed by atoms with Crippen molar-refractivity contribution < 1.29 is 0 Å². The van der Waals surface area contributed by atoms with Crippen LogP contribution in [-0.2, 0) is 0 Å². The van der Waals surface area contributed by atoms with Crippen molar-refractivity contribution in [1.82, 2.24) is 9.97 Å². The molecule has 2 rings (SSSR count). The average Bonchev–Trinajstić information content (AvgIpc) is 3.03. The lowest BCUT2D eigenvalue weighted by Crippen LogP contribution is -2.15. The lowest BCUT2D eigenvalue weighted by molar-refractivity contribution is 0.536. The molecule has 1 atom stereocenters. The quantitative estimate of drug-likeness (QED) is 0.773. The second-order valence-corrected chi connectivity index (χ2v) is 4.48. The summed E-state index contributed by atoms with van der Waals surface area (Å²) >= 11 is 5.79. The number of hydrogen-bond donors (Lipinski definition) is 2.